The van der Waals surface area contributed by atoms with Crippen molar-refractivity contribution in [2.24, 2.45) is 0 Å². The highest BCUT2D eigenvalue weighted by Gasteiger charge is 2.30. The van der Waals surface area contributed by atoms with Crippen molar-refractivity contribution in [3.8, 4) is 0 Å². The zero-order valence-corrected chi connectivity index (χ0v) is 14.3. The van der Waals surface area contributed by atoms with Gasteiger partial charge in [-0.15, -0.1) is 0 Å². The van der Waals surface area contributed by atoms with Crippen LogP contribution in [0, 0.1) is 6.92 Å². The predicted octanol–water partition coefficient (Wildman–Crippen LogP) is 4.05. The smallest absolute Gasteiger partial charge is 0.341 e. The van der Waals surface area contributed by atoms with E-state index in [0.717, 1.165) is 44.5 Å². The average Bonchev–Trinajstić information content (AvgIpc) is 2.61. The van der Waals surface area contributed by atoms with Gasteiger partial charge in [0.25, 0.3) is 5.91 Å². The van der Waals surface area contributed by atoms with Crippen LogP contribution in [-0.4, -0.2) is 29.0 Å². The van der Waals surface area contributed by atoms with Crippen molar-refractivity contribution in [2.45, 2.75) is 32.4 Å². The molecule has 2 heterocycles. The molecule has 0 bridgehead atoms. The second-order valence-corrected chi connectivity index (χ2v) is 6.27. The van der Waals surface area contributed by atoms with Crippen molar-refractivity contribution < 1.29 is 18.0 Å². The molecule has 2 aromatic rings. The molecule has 8 heteroatoms. The molecule has 0 saturated carbocycles. The zero-order valence-electron chi connectivity index (χ0n) is 14.3. The van der Waals surface area contributed by atoms with Crippen LogP contribution in [0.5, 0.6) is 0 Å². The molecule has 1 aliphatic heterocycles. The minimum absolute atomic E-state index is 0.0700. The first kappa shape index (κ1) is 18.2. The topological polar surface area (TPSA) is 58.1 Å². The maximum atomic E-state index is 12.8. The number of rotatable bonds is 3. The molecule has 0 radical (unpaired) electrons. The SMILES string of the molecule is Cc1cc(C(=O)Nc2cccc(C(F)(F)F)c2)nc(N2CCCCC2)n1. The largest absolute Gasteiger partial charge is 0.416 e. The number of nitrogens with one attached hydrogen (secondary N) is 1. The summed E-state index contributed by atoms with van der Waals surface area (Å²) in [6.07, 6.45) is -1.22. The summed E-state index contributed by atoms with van der Waals surface area (Å²) in [6.45, 7) is 3.42. The van der Waals surface area contributed by atoms with Gasteiger partial charge in [0.15, 0.2) is 0 Å². The van der Waals surface area contributed by atoms with Crippen LogP contribution in [0.4, 0.5) is 24.8 Å². The minimum atomic E-state index is -4.46. The Bertz CT molecular complexity index is 801. The lowest BCUT2D eigenvalue weighted by Crippen LogP contribution is -2.31. The fourth-order valence-electron chi connectivity index (χ4n) is 2.87. The third-order valence-corrected chi connectivity index (χ3v) is 4.16. The monoisotopic (exact) mass is 364 g/mol. The Morgan fingerprint density at radius 1 is 1.12 bits per heavy atom. The van der Waals surface area contributed by atoms with E-state index in [1.54, 1.807) is 6.92 Å². The van der Waals surface area contributed by atoms with Crippen LogP contribution in [0.1, 0.15) is 41.0 Å². The third kappa shape index (κ3) is 4.30. The Balaban J connectivity index is 1.80. The highest BCUT2D eigenvalue weighted by atomic mass is 19.4. The molecule has 3 rings (SSSR count). The minimum Gasteiger partial charge on any atom is -0.341 e. The first-order valence-corrected chi connectivity index (χ1v) is 8.42. The van der Waals surface area contributed by atoms with Crippen LogP contribution in [0.2, 0.25) is 0 Å². The molecule has 0 spiro atoms. The van der Waals surface area contributed by atoms with E-state index in [0.29, 0.717) is 11.6 Å². The summed E-state index contributed by atoms with van der Waals surface area (Å²) < 4.78 is 38.4. The van der Waals surface area contributed by atoms with E-state index in [1.165, 1.54) is 18.2 Å². The summed E-state index contributed by atoms with van der Waals surface area (Å²) in [6, 6.07) is 6.04. The number of anilines is 2. The van der Waals surface area contributed by atoms with Gasteiger partial charge in [-0.3, -0.25) is 4.79 Å². The molecule has 1 amide bonds. The predicted molar refractivity (Wildman–Crippen MR) is 92.2 cm³/mol. The van der Waals surface area contributed by atoms with Crippen molar-refractivity contribution in [1.29, 1.82) is 0 Å². The molecule has 5 nitrogen and oxygen atoms in total. The quantitative estimate of drug-likeness (QED) is 0.893. The van der Waals surface area contributed by atoms with Crippen LogP contribution in [0.25, 0.3) is 0 Å². The Labute approximate surface area is 149 Å². The Morgan fingerprint density at radius 3 is 2.54 bits per heavy atom. The lowest BCUT2D eigenvalue weighted by atomic mass is 10.1. The molecule has 1 aromatic heterocycles. The highest BCUT2D eigenvalue weighted by molar-refractivity contribution is 6.03. The van der Waals surface area contributed by atoms with Gasteiger partial charge in [-0.25, -0.2) is 9.97 Å². The molecule has 1 aromatic carbocycles. The molecule has 1 N–H and O–H groups in total. The van der Waals surface area contributed by atoms with Crippen molar-refractivity contribution in [3.05, 3.63) is 47.3 Å². The van der Waals surface area contributed by atoms with Crippen LogP contribution < -0.4 is 10.2 Å². The maximum absolute atomic E-state index is 12.8. The summed E-state index contributed by atoms with van der Waals surface area (Å²) in [5, 5.41) is 2.48. The van der Waals surface area contributed by atoms with Crippen molar-refractivity contribution in [3.63, 3.8) is 0 Å². The van der Waals surface area contributed by atoms with E-state index in [9.17, 15) is 18.0 Å². The number of nitrogens with zero attached hydrogens (tertiary/aromatic N) is 3. The van der Waals surface area contributed by atoms with Crippen LogP contribution in [0.15, 0.2) is 30.3 Å². The number of carbonyl (C=O) groups is 1. The number of piperidine rings is 1. The summed E-state index contributed by atoms with van der Waals surface area (Å²) >= 11 is 0. The maximum Gasteiger partial charge on any atom is 0.416 e. The van der Waals surface area contributed by atoms with Gasteiger partial charge in [0, 0.05) is 24.5 Å². The molecule has 1 fully saturated rings. The molecule has 0 atom stereocenters. The second-order valence-electron chi connectivity index (χ2n) is 6.27. The summed E-state index contributed by atoms with van der Waals surface area (Å²) in [5.41, 5.74) is 0.0223. The molecule has 0 aliphatic carbocycles. The van der Waals surface area contributed by atoms with Gasteiger partial charge in [0.2, 0.25) is 5.95 Å². The molecule has 138 valence electrons. The molecule has 1 saturated heterocycles. The van der Waals surface area contributed by atoms with Crippen LogP contribution in [-0.2, 0) is 6.18 Å². The van der Waals surface area contributed by atoms with Crippen molar-refractivity contribution in [1.82, 2.24) is 9.97 Å². The van der Waals surface area contributed by atoms with Crippen molar-refractivity contribution >= 4 is 17.5 Å². The normalized spacial score (nSPS) is 15.0. The van der Waals surface area contributed by atoms with Crippen LogP contribution in [0.3, 0.4) is 0 Å². The second kappa shape index (κ2) is 7.31. The number of amides is 1. The standard InChI is InChI=1S/C18H19F3N4O/c1-12-10-15(24-17(22-12)25-8-3-2-4-9-25)16(26)23-14-7-5-6-13(11-14)18(19,20)21/h5-7,10-11H,2-4,8-9H2,1H3,(H,23,26). The number of carbonyl (C=O) groups excluding carboxylic acids is 1. The summed E-state index contributed by atoms with van der Waals surface area (Å²) in [4.78, 5) is 23.2. The van der Waals surface area contributed by atoms with Crippen LogP contribution >= 0.6 is 0 Å². The molecular formula is C18H19F3N4O. The number of hydrogen-bond acceptors (Lipinski definition) is 4. The summed E-state index contributed by atoms with van der Waals surface area (Å²) in [7, 11) is 0. The number of aromatic nitrogens is 2. The van der Waals surface area contributed by atoms with E-state index in [4.69, 9.17) is 0 Å². The number of hydrogen-bond donors (Lipinski definition) is 1. The molecule has 1 aliphatic rings. The van der Waals surface area contributed by atoms with Gasteiger partial charge in [-0.05, 0) is 50.5 Å². The van der Waals surface area contributed by atoms with Crippen molar-refractivity contribution in [2.75, 3.05) is 23.3 Å². The van der Waals surface area contributed by atoms with Gasteiger partial charge in [-0.1, -0.05) is 6.07 Å². The fourth-order valence-corrected chi connectivity index (χ4v) is 2.87. The number of aryl methyl sites for hydroxylation is 1. The fraction of sp³-hybridized carbons (Fsp3) is 0.389. The van der Waals surface area contributed by atoms with E-state index < -0.39 is 17.6 Å². The van der Waals surface area contributed by atoms with E-state index >= 15 is 0 Å². The van der Waals surface area contributed by atoms with Gasteiger partial charge in [0.05, 0.1) is 5.56 Å². The molecule has 26 heavy (non-hydrogen) atoms. The lowest BCUT2D eigenvalue weighted by molar-refractivity contribution is -0.137. The first-order valence-electron chi connectivity index (χ1n) is 8.42. The number of alkyl halides is 3. The molecule has 0 unspecified atom stereocenters. The van der Waals surface area contributed by atoms with Gasteiger partial charge in [-0.2, -0.15) is 13.2 Å². The Kier molecular flexibility index (Phi) is 5.11. The van der Waals surface area contributed by atoms with Gasteiger partial charge >= 0.3 is 6.18 Å². The number of benzene rings is 1. The van der Waals surface area contributed by atoms with Gasteiger partial charge < -0.3 is 10.2 Å². The lowest BCUT2D eigenvalue weighted by Gasteiger charge is -2.27. The Morgan fingerprint density at radius 2 is 1.85 bits per heavy atom. The molecular weight excluding hydrogens is 345 g/mol. The first-order chi connectivity index (χ1) is 12.3. The highest BCUT2D eigenvalue weighted by Crippen LogP contribution is 2.30. The Hall–Kier alpha value is -2.64. The average molecular weight is 364 g/mol. The van der Waals surface area contributed by atoms with E-state index in [1.807, 2.05) is 4.90 Å². The number of halogens is 3. The third-order valence-electron chi connectivity index (χ3n) is 4.16. The zero-order chi connectivity index (χ0) is 18.7. The summed E-state index contributed by atoms with van der Waals surface area (Å²) in [5.74, 6) is -0.0769. The van der Waals surface area contributed by atoms with E-state index in [2.05, 4.69) is 15.3 Å². The van der Waals surface area contributed by atoms with Gasteiger partial charge in [0.1, 0.15) is 5.69 Å². The van der Waals surface area contributed by atoms with E-state index in [-0.39, 0.29) is 11.4 Å².